The third-order valence-electron chi connectivity index (χ3n) is 3.91. The molecule has 0 aromatic heterocycles. The Labute approximate surface area is 148 Å². The van der Waals surface area contributed by atoms with Gasteiger partial charge < -0.3 is 15.7 Å². The van der Waals surface area contributed by atoms with Crippen LogP contribution in [0.2, 0.25) is 0 Å². The lowest BCUT2D eigenvalue weighted by atomic mass is 10.0. The molecular weight excluding hydrogens is 316 g/mol. The molecular formula is C20H24N2O3. The number of hydrogen-bond donors (Lipinski definition) is 3. The molecule has 0 spiro atoms. The van der Waals surface area contributed by atoms with Gasteiger partial charge in [0.2, 0.25) is 11.8 Å². The van der Waals surface area contributed by atoms with Crippen molar-refractivity contribution in [2.24, 2.45) is 0 Å². The summed E-state index contributed by atoms with van der Waals surface area (Å²) < 4.78 is 0. The normalized spacial score (nSPS) is 11.6. The number of aliphatic hydroxyl groups excluding tert-OH is 1. The molecule has 3 N–H and O–H groups in total. The van der Waals surface area contributed by atoms with Crippen LogP contribution in [0, 0.1) is 0 Å². The summed E-state index contributed by atoms with van der Waals surface area (Å²) in [5.74, 6) is -0.264. The Morgan fingerprint density at radius 3 is 2.24 bits per heavy atom. The molecule has 0 bridgehead atoms. The van der Waals surface area contributed by atoms with Gasteiger partial charge in [0.15, 0.2) is 0 Å². The first-order valence-corrected chi connectivity index (χ1v) is 8.36. The zero-order chi connectivity index (χ0) is 18.1. The number of carbonyl (C=O) groups excluding carboxylic acids is 2. The van der Waals surface area contributed by atoms with Crippen molar-refractivity contribution in [2.45, 2.75) is 32.4 Å². The first kappa shape index (κ1) is 18.7. The van der Waals surface area contributed by atoms with Crippen LogP contribution in [0.25, 0.3) is 0 Å². The minimum Gasteiger partial charge on any atom is -0.392 e. The third-order valence-corrected chi connectivity index (χ3v) is 3.91. The molecule has 0 radical (unpaired) electrons. The maximum atomic E-state index is 12.2. The summed E-state index contributed by atoms with van der Waals surface area (Å²) in [5.41, 5.74) is 2.88. The smallest absolute Gasteiger partial charge is 0.222 e. The largest absolute Gasteiger partial charge is 0.392 e. The van der Waals surface area contributed by atoms with Gasteiger partial charge in [0, 0.05) is 13.5 Å². The van der Waals surface area contributed by atoms with E-state index in [4.69, 9.17) is 5.11 Å². The molecule has 0 aliphatic carbocycles. The molecule has 25 heavy (non-hydrogen) atoms. The molecule has 5 heteroatoms. The van der Waals surface area contributed by atoms with Crippen LogP contribution >= 0.6 is 0 Å². The number of carbonyl (C=O) groups is 2. The predicted molar refractivity (Wildman–Crippen MR) is 96.7 cm³/mol. The Hall–Kier alpha value is -2.66. The Balaban J connectivity index is 1.84. The fraction of sp³-hybridized carbons (Fsp3) is 0.300. The molecule has 0 saturated heterocycles. The second kappa shape index (κ2) is 9.59. The molecule has 0 aliphatic rings. The average Bonchev–Trinajstić information content (AvgIpc) is 2.62. The summed E-state index contributed by atoms with van der Waals surface area (Å²) in [6.07, 6.45) is 0.917. The fourth-order valence-corrected chi connectivity index (χ4v) is 2.60. The standard InChI is InChI=1S/C20H24N2O3/c1-15(24)22-19(18-5-3-2-4-6-18)13-20(25)21-12-11-16-7-9-17(14-23)10-8-16/h2-10,19,23H,11-14H2,1H3,(H,21,25)(H,22,24). The van der Waals surface area contributed by atoms with Gasteiger partial charge >= 0.3 is 0 Å². The zero-order valence-electron chi connectivity index (χ0n) is 14.4. The average molecular weight is 340 g/mol. The van der Waals surface area contributed by atoms with E-state index in [1.54, 1.807) is 0 Å². The summed E-state index contributed by atoms with van der Waals surface area (Å²) in [5, 5.41) is 14.7. The van der Waals surface area contributed by atoms with Gasteiger partial charge in [0.05, 0.1) is 19.1 Å². The number of benzene rings is 2. The van der Waals surface area contributed by atoms with Gasteiger partial charge in [-0.05, 0) is 23.1 Å². The highest BCUT2D eigenvalue weighted by Gasteiger charge is 2.16. The fourth-order valence-electron chi connectivity index (χ4n) is 2.60. The van der Waals surface area contributed by atoms with Crippen LogP contribution in [0.3, 0.4) is 0 Å². The van der Waals surface area contributed by atoms with Crippen LogP contribution in [0.15, 0.2) is 54.6 Å². The van der Waals surface area contributed by atoms with E-state index in [9.17, 15) is 9.59 Å². The molecule has 0 aliphatic heterocycles. The number of rotatable bonds is 8. The van der Waals surface area contributed by atoms with Gasteiger partial charge in [-0.2, -0.15) is 0 Å². The molecule has 5 nitrogen and oxygen atoms in total. The molecule has 2 aromatic carbocycles. The Morgan fingerprint density at radius 1 is 1.00 bits per heavy atom. The quantitative estimate of drug-likeness (QED) is 0.689. The zero-order valence-corrected chi connectivity index (χ0v) is 14.4. The summed E-state index contributed by atoms with van der Waals surface area (Å²) in [4.78, 5) is 23.6. The number of nitrogens with one attached hydrogen (secondary N) is 2. The van der Waals surface area contributed by atoms with Crippen molar-refractivity contribution in [1.29, 1.82) is 0 Å². The van der Waals surface area contributed by atoms with Gasteiger partial charge in [-0.1, -0.05) is 54.6 Å². The highest BCUT2D eigenvalue weighted by Crippen LogP contribution is 2.16. The molecule has 2 aromatic rings. The van der Waals surface area contributed by atoms with Crippen LogP contribution in [0.1, 0.15) is 36.1 Å². The molecule has 2 amide bonds. The first-order chi connectivity index (χ1) is 12.1. The lowest BCUT2D eigenvalue weighted by Gasteiger charge is -2.18. The minimum atomic E-state index is -0.331. The summed E-state index contributed by atoms with van der Waals surface area (Å²) in [7, 11) is 0. The molecule has 132 valence electrons. The Bertz CT molecular complexity index is 684. The van der Waals surface area contributed by atoms with Crippen molar-refractivity contribution in [1.82, 2.24) is 10.6 Å². The highest BCUT2D eigenvalue weighted by molar-refractivity contribution is 5.79. The van der Waals surface area contributed by atoms with E-state index in [2.05, 4.69) is 10.6 Å². The van der Waals surface area contributed by atoms with Crippen molar-refractivity contribution in [3.63, 3.8) is 0 Å². The summed E-state index contributed by atoms with van der Waals surface area (Å²) >= 11 is 0. The second-order valence-electron chi connectivity index (χ2n) is 5.94. The summed E-state index contributed by atoms with van der Waals surface area (Å²) in [6.45, 7) is 2.00. The van der Waals surface area contributed by atoms with E-state index in [1.807, 2.05) is 54.6 Å². The van der Waals surface area contributed by atoms with E-state index in [0.717, 1.165) is 16.7 Å². The Kier molecular flexibility index (Phi) is 7.16. The second-order valence-corrected chi connectivity index (χ2v) is 5.94. The van der Waals surface area contributed by atoms with Crippen LogP contribution in [0.4, 0.5) is 0 Å². The first-order valence-electron chi connectivity index (χ1n) is 8.36. The van der Waals surface area contributed by atoms with E-state index in [0.29, 0.717) is 13.0 Å². The molecule has 0 fully saturated rings. The van der Waals surface area contributed by atoms with Crippen molar-refractivity contribution < 1.29 is 14.7 Å². The molecule has 1 unspecified atom stereocenters. The van der Waals surface area contributed by atoms with Crippen LogP contribution in [-0.2, 0) is 22.6 Å². The topological polar surface area (TPSA) is 78.4 Å². The highest BCUT2D eigenvalue weighted by atomic mass is 16.3. The van der Waals surface area contributed by atoms with Gasteiger partial charge in [0.1, 0.15) is 0 Å². The van der Waals surface area contributed by atoms with E-state index < -0.39 is 0 Å². The van der Waals surface area contributed by atoms with E-state index >= 15 is 0 Å². The monoisotopic (exact) mass is 340 g/mol. The predicted octanol–water partition coefficient (Wildman–Crippen LogP) is 2.11. The number of hydrogen-bond acceptors (Lipinski definition) is 3. The van der Waals surface area contributed by atoms with Gasteiger partial charge in [-0.3, -0.25) is 9.59 Å². The van der Waals surface area contributed by atoms with Crippen LogP contribution in [-0.4, -0.2) is 23.5 Å². The van der Waals surface area contributed by atoms with Crippen molar-refractivity contribution in [3.05, 3.63) is 71.3 Å². The maximum Gasteiger partial charge on any atom is 0.222 e. The Morgan fingerprint density at radius 2 is 1.64 bits per heavy atom. The molecule has 2 rings (SSSR count). The van der Waals surface area contributed by atoms with E-state index in [1.165, 1.54) is 6.92 Å². The van der Waals surface area contributed by atoms with Crippen molar-refractivity contribution >= 4 is 11.8 Å². The lowest BCUT2D eigenvalue weighted by molar-refractivity contribution is -0.122. The van der Waals surface area contributed by atoms with Crippen molar-refractivity contribution in [2.75, 3.05) is 6.54 Å². The van der Waals surface area contributed by atoms with Crippen LogP contribution < -0.4 is 10.6 Å². The molecule has 0 heterocycles. The van der Waals surface area contributed by atoms with Crippen molar-refractivity contribution in [3.8, 4) is 0 Å². The minimum absolute atomic E-state index is 0.0288. The van der Waals surface area contributed by atoms with Crippen LogP contribution in [0.5, 0.6) is 0 Å². The number of amides is 2. The third kappa shape index (κ3) is 6.39. The lowest BCUT2D eigenvalue weighted by Crippen LogP contribution is -2.33. The molecule has 1 atom stereocenters. The van der Waals surface area contributed by atoms with Gasteiger partial charge in [0.25, 0.3) is 0 Å². The maximum absolute atomic E-state index is 12.2. The summed E-state index contributed by atoms with van der Waals surface area (Å²) in [6, 6.07) is 16.8. The number of aliphatic hydroxyl groups is 1. The van der Waals surface area contributed by atoms with E-state index in [-0.39, 0.29) is 30.9 Å². The molecule has 0 saturated carbocycles. The SMILES string of the molecule is CC(=O)NC(CC(=O)NCCc1ccc(CO)cc1)c1ccccc1. The van der Waals surface area contributed by atoms with Gasteiger partial charge in [-0.25, -0.2) is 0 Å². The van der Waals surface area contributed by atoms with Gasteiger partial charge in [-0.15, -0.1) is 0 Å².